The van der Waals surface area contributed by atoms with Gasteiger partial charge in [0, 0.05) is 7.05 Å². The molecule has 1 amide bonds. The van der Waals surface area contributed by atoms with Crippen LogP contribution in [0.1, 0.15) is 10.6 Å². The Balaban J connectivity index is 2.61. The first-order valence-corrected chi connectivity index (χ1v) is 5.08. The molecule has 1 heterocycles. The molecule has 0 fully saturated rings. The third-order valence-electron chi connectivity index (χ3n) is 2.49. The van der Waals surface area contributed by atoms with E-state index in [-0.39, 0.29) is 11.1 Å². The largest absolute Gasteiger partial charge is 0.417 e. The average Bonchev–Trinajstić information content (AvgIpc) is 2.36. The summed E-state index contributed by atoms with van der Waals surface area (Å²) in [6, 6.07) is 4.93. The fourth-order valence-corrected chi connectivity index (χ4v) is 1.51. The molecule has 0 N–H and O–H groups in total. The third-order valence-corrected chi connectivity index (χ3v) is 2.49. The van der Waals surface area contributed by atoms with E-state index in [9.17, 15) is 14.0 Å². The lowest BCUT2D eigenvalue weighted by Crippen LogP contribution is -2.26. The summed E-state index contributed by atoms with van der Waals surface area (Å²) in [4.78, 5) is 28.0. The summed E-state index contributed by atoms with van der Waals surface area (Å²) in [5.41, 5.74) is -0.694. The van der Waals surface area contributed by atoms with E-state index in [4.69, 9.17) is 4.42 Å². The summed E-state index contributed by atoms with van der Waals surface area (Å²) in [5.74, 6) is -1.32. The number of carbonyl (C=O) groups excluding carboxylic acids is 1. The van der Waals surface area contributed by atoms with Crippen molar-refractivity contribution in [3.8, 4) is 0 Å². The van der Waals surface area contributed by atoms with Crippen molar-refractivity contribution in [1.29, 1.82) is 0 Å². The monoisotopic (exact) mass is 251 g/mol. The first-order chi connectivity index (χ1) is 8.52. The SMILES string of the molecule is CON(C)C(=O)c1cc2cc(F)ccc2c(=O)o1. The van der Waals surface area contributed by atoms with Crippen molar-refractivity contribution >= 4 is 16.7 Å². The normalized spacial score (nSPS) is 10.6. The summed E-state index contributed by atoms with van der Waals surface area (Å²) in [6.45, 7) is 0. The third kappa shape index (κ3) is 2.10. The zero-order valence-corrected chi connectivity index (χ0v) is 9.77. The number of hydrogen-bond donors (Lipinski definition) is 0. The summed E-state index contributed by atoms with van der Waals surface area (Å²) in [5, 5.41) is 1.43. The van der Waals surface area contributed by atoms with E-state index in [1.165, 1.54) is 26.3 Å². The molecule has 6 heteroatoms. The van der Waals surface area contributed by atoms with E-state index in [1.54, 1.807) is 0 Å². The van der Waals surface area contributed by atoms with Gasteiger partial charge in [0.1, 0.15) is 5.82 Å². The molecule has 0 aliphatic carbocycles. The standard InChI is InChI=1S/C12H10FNO4/c1-14(17-2)11(15)10-6-7-5-8(13)3-4-9(7)12(16)18-10/h3-6H,1-2H3. The molecule has 0 unspecified atom stereocenters. The van der Waals surface area contributed by atoms with E-state index in [2.05, 4.69) is 4.84 Å². The van der Waals surface area contributed by atoms with Gasteiger partial charge in [-0.3, -0.25) is 9.63 Å². The van der Waals surface area contributed by atoms with Crippen molar-refractivity contribution in [1.82, 2.24) is 5.06 Å². The molecule has 0 aliphatic rings. The van der Waals surface area contributed by atoms with Gasteiger partial charge in [-0.15, -0.1) is 0 Å². The summed E-state index contributed by atoms with van der Waals surface area (Å²) >= 11 is 0. The molecule has 1 aromatic carbocycles. The lowest BCUT2D eigenvalue weighted by molar-refractivity contribution is -0.0775. The Labute approximate surface area is 101 Å². The number of rotatable bonds is 2. The Morgan fingerprint density at radius 1 is 1.39 bits per heavy atom. The van der Waals surface area contributed by atoms with E-state index in [0.717, 1.165) is 17.2 Å². The van der Waals surface area contributed by atoms with E-state index >= 15 is 0 Å². The van der Waals surface area contributed by atoms with Crippen LogP contribution < -0.4 is 5.63 Å². The lowest BCUT2D eigenvalue weighted by atomic mass is 10.1. The van der Waals surface area contributed by atoms with Gasteiger partial charge in [0.25, 0.3) is 0 Å². The van der Waals surface area contributed by atoms with Crippen molar-refractivity contribution in [3.05, 3.63) is 46.3 Å². The number of carbonyl (C=O) groups is 1. The number of hydrogen-bond acceptors (Lipinski definition) is 4. The minimum atomic E-state index is -0.694. The second kappa shape index (κ2) is 4.58. The van der Waals surface area contributed by atoms with Crippen molar-refractivity contribution in [2.75, 3.05) is 14.2 Å². The van der Waals surface area contributed by atoms with Crippen LogP contribution in [0.5, 0.6) is 0 Å². The topological polar surface area (TPSA) is 59.8 Å². The number of halogens is 1. The summed E-state index contributed by atoms with van der Waals surface area (Å²) < 4.78 is 17.9. The Hall–Kier alpha value is -2.21. The van der Waals surface area contributed by atoms with Gasteiger partial charge in [-0.1, -0.05) is 0 Å². The quantitative estimate of drug-likeness (QED) is 0.760. The van der Waals surface area contributed by atoms with Crippen LogP contribution in [0.3, 0.4) is 0 Å². The molecule has 2 aromatic rings. The van der Waals surface area contributed by atoms with Crippen LogP contribution in [0.2, 0.25) is 0 Å². The van der Waals surface area contributed by atoms with Crippen LogP contribution in [-0.4, -0.2) is 25.1 Å². The molecule has 0 radical (unpaired) electrons. The van der Waals surface area contributed by atoms with Gasteiger partial charge in [-0.05, 0) is 29.7 Å². The maximum Gasteiger partial charge on any atom is 0.344 e. The van der Waals surface area contributed by atoms with Crippen molar-refractivity contribution in [2.24, 2.45) is 0 Å². The average molecular weight is 251 g/mol. The van der Waals surface area contributed by atoms with Crippen molar-refractivity contribution < 1.29 is 18.4 Å². The first kappa shape index (κ1) is 12.3. The number of amides is 1. The first-order valence-electron chi connectivity index (χ1n) is 5.08. The van der Waals surface area contributed by atoms with Gasteiger partial charge < -0.3 is 4.42 Å². The number of nitrogens with zero attached hydrogens (tertiary/aromatic N) is 1. The maximum atomic E-state index is 13.1. The van der Waals surface area contributed by atoms with Gasteiger partial charge in [0.15, 0.2) is 5.76 Å². The van der Waals surface area contributed by atoms with Crippen LogP contribution in [0.4, 0.5) is 4.39 Å². The van der Waals surface area contributed by atoms with Gasteiger partial charge in [-0.2, -0.15) is 0 Å². The lowest BCUT2D eigenvalue weighted by Gasteiger charge is -2.12. The predicted octanol–water partition coefficient (Wildman–Crippen LogP) is 1.57. The van der Waals surface area contributed by atoms with Gasteiger partial charge in [0.05, 0.1) is 12.5 Å². The number of hydroxylamine groups is 2. The van der Waals surface area contributed by atoms with Crippen LogP contribution in [0, 0.1) is 5.82 Å². The Morgan fingerprint density at radius 3 is 2.78 bits per heavy atom. The van der Waals surface area contributed by atoms with Crippen LogP contribution in [0.15, 0.2) is 33.5 Å². The fraction of sp³-hybridized carbons (Fsp3) is 0.167. The minimum Gasteiger partial charge on any atom is -0.417 e. The van der Waals surface area contributed by atoms with Gasteiger partial charge >= 0.3 is 11.5 Å². The highest BCUT2D eigenvalue weighted by atomic mass is 19.1. The van der Waals surface area contributed by atoms with Crippen LogP contribution >= 0.6 is 0 Å². The predicted molar refractivity (Wildman–Crippen MR) is 61.5 cm³/mol. The van der Waals surface area contributed by atoms with Crippen LogP contribution in [0.25, 0.3) is 10.8 Å². The summed E-state index contributed by atoms with van der Waals surface area (Å²) in [6.07, 6.45) is 0. The van der Waals surface area contributed by atoms with Crippen molar-refractivity contribution in [3.63, 3.8) is 0 Å². The molecule has 0 saturated carbocycles. The molecule has 0 atom stereocenters. The van der Waals surface area contributed by atoms with E-state index < -0.39 is 17.3 Å². The molecule has 0 aliphatic heterocycles. The molecular weight excluding hydrogens is 241 g/mol. The van der Waals surface area contributed by atoms with Crippen molar-refractivity contribution in [2.45, 2.75) is 0 Å². The molecule has 5 nitrogen and oxygen atoms in total. The molecular formula is C12H10FNO4. The molecule has 94 valence electrons. The highest BCUT2D eigenvalue weighted by molar-refractivity contribution is 5.94. The molecule has 2 rings (SSSR count). The summed E-state index contributed by atoms with van der Waals surface area (Å²) in [7, 11) is 2.68. The Morgan fingerprint density at radius 2 is 2.11 bits per heavy atom. The van der Waals surface area contributed by atoms with E-state index in [0.29, 0.717) is 5.39 Å². The molecule has 18 heavy (non-hydrogen) atoms. The molecule has 0 spiro atoms. The van der Waals surface area contributed by atoms with Gasteiger partial charge in [0.2, 0.25) is 0 Å². The highest BCUT2D eigenvalue weighted by Gasteiger charge is 2.16. The molecule has 0 saturated heterocycles. The Kier molecular flexibility index (Phi) is 3.12. The zero-order chi connectivity index (χ0) is 13.3. The molecule has 0 bridgehead atoms. The smallest absolute Gasteiger partial charge is 0.344 e. The second-order valence-electron chi connectivity index (χ2n) is 3.61. The van der Waals surface area contributed by atoms with E-state index in [1.807, 2.05) is 0 Å². The fourth-order valence-electron chi connectivity index (χ4n) is 1.51. The zero-order valence-electron chi connectivity index (χ0n) is 9.77. The van der Waals surface area contributed by atoms with Crippen LogP contribution in [-0.2, 0) is 4.84 Å². The second-order valence-corrected chi connectivity index (χ2v) is 3.61. The van der Waals surface area contributed by atoms with Gasteiger partial charge in [-0.25, -0.2) is 14.2 Å². The number of benzene rings is 1. The Bertz CT molecular complexity index is 665. The molecule has 1 aromatic heterocycles. The number of fused-ring (bicyclic) bond motifs is 1. The highest BCUT2D eigenvalue weighted by Crippen LogP contribution is 2.14. The minimum absolute atomic E-state index is 0.206. The maximum absolute atomic E-state index is 13.1.